The maximum atomic E-state index is 12.1. The van der Waals surface area contributed by atoms with Crippen LogP contribution in [-0.4, -0.2) is 27.0 Å². The van der Waals surface area contributed by atoms with Gasteiger partial charge in [0.1, 0.15) is 5.75 Å². The van der Waals surface area contributed by atoms with Crippen molar-refractivity contribution in [1.82, 2.24) is 0 Å². The normalized spacial score (nSPS) is 11.0. The van der Waals surface area contributed by atoms with E-state index in [1.807, 2.05) is 79.7 Å². The highest BCUT2D eigenvalue weighted by Gasteiger charge is 2.02. The van der Waals surface area contributed by atoms with Crippen LogP contribution in [0.25, 0.3) is 12.2 Å². The number of hydrogen-bond donors (Lipinski definition) is 0. The smallest absolute Gasteiger partial charge is 0.178 e. The molecule has 0 bridgehead atoms. The number of benzene rings is 2. The standard InChI is InChI=1S/C23H25NO2/c1-5-6-20-17-19(11-16-23(20)26-4)10-15-22(25)14-9-18-7-12-21(13-8-18)24(2)3/h5,7-17H,1,6H2,2-4H3/b14-9+,15-10+. The summed E-state index contributed by atoms with van der Waals surface area (Å²) in [6.07, 6.45) is 9.35. The van der Waals surface area contributed by atoms with Gasteiger partial charge in [0, 0.05) is 19.8 Å². The molecule has 0 amide bonds. The van der Waals surface area contributed by atoms with E-state index < -0.39 is 0 Å². The SMILES string of the molecule is C=CCc1cc(/C=C/C(=O)/C=C/c2ccc(N(C)C)cc2)ccc1OC. The molecular weight excluding hydrogens is 322 g/mol. The molecule has 26 heavy (non-hydrogen) atoms. The van der Waals surface area contributed by atoms with Gasteiger partial charge >= 0.3 is 0 Å². The molecule has 0 atom stereocenters. The Bertz CT molecular complexity index is 815. The molecule has 134 valence electrons. The minimum Gasteiger partial charge on any atom is -0.496 e. The second-order valence-electron chi connectivity index (χ2n) is 6.12. The zero-order chi connectivity index (χ0) is 18.9. The summed E-state index contributed by atoms with van der Waals surface area (Å²) >= 11 is 0. The van der Waals surface area contributed by atoms with Gasteiger partial charge in [-0.15, -0.1) is 6.58 Å². The molecule has 0 saturated carbocycles. The number of nitrogens with zero attached hydrogens (tertiary/aromatic N) is 1. The van der Waals surface area contributed by atoms with Crippen LogP contribution < -0.4 is 9.64 Å². The first-order chi connectivity index (χ1) is 12.5. The molecule has 0 N–H and O–H groups in total. The Morgan fingerprint density at radius 3 is 2.23 bits per heavy atom. The molecule has 0 aliphatic rings. The first-order valence-electron chi connectivity index (χ1n) is 8.49. The lowest BCUT2D eigenvalue weighted by Crippen LogP contribution is -2.07. The first kappa shape index (κ1) is 19.3. The largest absolute Gasteiger partial charge is 0.496 e. The van der Waals surface area contributed by atoms with Gasteiger partial charge in [0.05, 0.1) is 7.11 Å². The predicted molar refractivity (Wildman–Crippen MR) is 111 cm³/mol. The third-order valence-electron chi connectivity index (χ3n) is 3.96. The van der Waals surface area contributed by atoms with Crippen LogP contribution in [0.4, 0.5) is 5.69 Å². The second kappa shape index (κ2) is 9.42. The number of ketones is 1. The van der Waals surface area contributed by atoms with Crippen LogP contribution in [0.15, 0.2) is 67.3 Å². The van der Waals surface area contributed by atoms with Crippen LogP contribution in [-0.2, 0) is 11.2 Å². The number of allylic oxidation sites excluding steroid dienone is 3. The average molecular weight is 347 g/mol. The molecule has 0 aliphatic carbocycles. The topological polar surface area (TPSA) is 29.5 Å². The molecule has 2 aromatic rings. The summed E-state index contributed by atoms with van der Waals surface area (Å²) in [4.78, 5) is 14.1. The van der Waals surface area contributed by atoms with Gasteiger partial charge in [-0.1, -0.05) is 36.4 Å². The summed E-state index contributed by atoms with van der Waals surface area (Å²) in [6.45, 7) is 3.76. The highest BCUT2D eigenvalue weighted by atomic mass is 16.5. The van der Waals surface area contributed by atoms with E-state index in [1.54, 1.807) is 19.3 Å². The lowest BCUT2D eigenvalue weighted by Gasteiger charge is -2.11. The first-order valence-corrected chi connectivity index (χ1v) is 8.49. The maximum Gasteiger partial charge on any atom is 0.178 e. The maximum absolute atomic E-state index is 12.1. The van der Waals surface area contributed by atoms with Crippen molar-refractivity contribution in [2.24, 2.45) is 0 Å². The van der Waals surface area contributed by atoms with Crippen LogP contribution in [0.2, 0.25) is 0 Å². The summed E-state index contributed by atoms with van der Waals surface area (Å²) in [5.74, 6) is 0.775. The van der Waals surface area contributed by atoms with Gasteiger partial charge in [0.25, 0.3) is 0 Å². The Morgan fingerprint density at radius 1 is 1.04 bits per heavy atom. The summed E-state index contributed by atoms with van der Waals surface area (Å²) < 4.78 is 5.34. The Kier molecular flexibility index (Phi) is 6.98. The predicted octanol–water partition coefficient (Wildman–Crippen LogP) is 4.79. The van der Waals surface area contributed by atoms with Crippen molar-refractivity contribution in [3.05, 3.63) is 84.0 Å². The quantitative estimate of drug-likeness (QED) is 0.508. The van der Waals surface area contributed by atoms with Crippen molar-refractivity contribution >= 4 is 23.6 Å². The van der Waals surface area contributed by atoms with Crippen molar-refractivity contribution in [3.63, 3.8) is 0 Å². The Morgan fingerprint density at radius 2 is 1.65 bits per heavy atom. The fourth-order valence-electron chi connectivity index (χ4n) is 2.51. The van der Waals surface area contributed by atoms with E-state index >= 15 is 0 Å². The molecule has 0 spiro atoms. The highest BCUT2D eigenvalue weighted by molar-refractivity contribution is 6.04. The fourth-order valence-corrected chi connectivity index (χ4v) is 2.51. The van der Waals surface area contributed by atoms with Crippen molar-refractivity contribution in [2.75, 3.05) is 26.1 Å². The third kappa shape index (κ3) is 5.49. The summed E-state index contributed by atoms with van der Waals surface area (Å²) in [7, 11) is 5.65. The molecule has 0 unspecified atom stereocenters. The number of anilines is 1. The molecule has 3 nitrogen and oxygen atoms in total. The fraction of sp³-hybridized carbons (Fsp3) is 0.174. The highest BCUT2D eigenvalue weighted by Crippen LogP contribution is 2.21. The molecule has 0 radical (unpaired) electrons. The van der Waals surface area contributed by atoms with Crippen molar-refractivity contribution in [3.8, 4) is 5.75 Å². The van der Waals surface area contributed by atoms with Gasteiger partial charge in [-0.05, 0) is 59.5 Å². The van der Waals surface area contributed by atoms with E-state index in [2.05, 4.69) is 6.58 Å². The van der Waals surface area contributed by atoms with Crippen LogP contribution >= 0.6 is 0 Å². The number of carbonyl (C=O) groups excluding carboxylic acids is 1. The number of carbonyl (C=O) groups is 1. The average Bonchev–Trinajstić information content (AvgIpc) is 2.65. The molecule has 2 aromatic carbocycles. The monoisotopic (exact) mass is 347 g/mol. The summed E-state index contributed by atoms with van der Waals surface area (Å²) in [5.41, 5.74) is 4.13. The number of rotatable bonds is 8. The number of hydrogen-bond acceptors (Lipinski definition) is 3. The van der Waals surface area contributed by atoms with Crippen LogP contribution in [0, 0.1) is 0 Å². The van der Waals surface area contributed by atoms with E-state index in [4.69, 9.17) is 4.74 Å². The molecule has 0 fully saturated rings. The summed E-state index contributed by atoms with van der Waals surface area (Å²) in [5, 5.41) is 0. The van der Waals surface area contributed by atoms with Crippen LogP contribution in [0.3, 0.4) is 0 Å². The molecule has 3 heteroatoms. The van der Waals surface area contributed by atoms with E-state index in [0.29, 0.717) is 0 Å². The lowest BCUT2D eigenvalue weighted by molar-refractivity contribution is -0.110. The van der Waals surface area contributed by atoms with Crippen molar-refractivity contribution < 1.29 is 9.53 Å². The van der Waals surface area contributed by atoms with Crippen LogP contribution in [0.5, 0.6) is 5.75 Å². The molecule has 0 aliphatic heterocycles. The van der Waals surface area contributed by atoms with Gasteiger partial charge in [-0.25, -0.2) is 0 Å². The minimum atomic E-state index is -0.0530. The van der Waals surface area contributed by atoms with Gasteiger partial charge in [-0.3, -0.25) is 4.79 Å². The Labute approximate surface area is 155 Å². The van der Waals surface area contributed by atoms with Gasteiger partial charge in [0.2, 0.25) is 0 Å². The van der Waals surface area contributed by atoms with Crippen LogP contribution in [0.1, 0.15) is 16.7 Å². The molecule has 0 saturated heterocycles. The molecular formula is C23H25NO2. The van der Waals surface area contributed by atoms with Crippen molar-refractivity contribution in [2.45, 2.75) is 6.42 Å². The lowest BCUT2D eigenvalue weighted by atomic mass is 10.1. The van der Waals surface area contributed by atoms with Gasteiger partial charge in [0.15, 0.2) is 5.78 Å². The van der Waals surface area contributed by atoms with Crippen molar-refractivity contribution in [1.29, 1.82) is 0 Å². The Hall–Kier alpha value is -3.07. The summed E-state index contributed by atoms with van der Waals surface area (Å²) in [6, 6.07) is 13.9. The second-order valence-corrected chi connectivity index (χ2v) is 6.12. The van der Waals surface area contributed by atoms with Gasteiger partial charge < -0.3 is 9.64 Å². The van der Waals surface area contributed by atoms with Gasteiger partial charge in [-0.2, -0.15) is 0 Å². The third-order valence-corrected chi connectivity index (χ3v) is 3.96. The molecule has 0 heterocycles. The number of methoxy groups -OCH3 is 1. The zero-order valence-corrected chi connectivity index (χ0v) is 15.6. The molecule has 0 aromatic heterocycles. The van der Waals surface area contributed by atoms with E-state index in [0.717, 1.165) is 34.5 Å². The number of ether oxygens (including phenoxy) is 1. The van der Waals surface area contributed by atoms with E-state index in [-0.39, 0.29) is 5.78 Å². The van der Waals surface area contributed by atoms with E-state index in [9.17, 15) is 4.79 Å². The minimum absolute atomic E-state index is 0.0530. The Balaban J connectivity index is 2.04. The molecule has 2 rings (SSSR count). The van der Waals surface area contributed by atoms with E-state index in [1.165, 1.54) is 0 Å². The zero-order valence-electron chi connectivity index (χ0n) is 15.6.